The highest BCUT2D eigenvalue weighted by atomic mass is 16.5. The predicted molar refractivity (Wildman–Crippen MR) is 72.8 cm³/mol. The molecule has 94 valence electrons. The molecule has 0 aliphatic carbocycles. The Hall–Kier alpha value is -1.80. The lowest BCUT2D eigenvalue weighted by Crippen LogP contribution is -2.22. The normalized spacial score (nSPS) is 14.0. The molecule has 1 N–H and O–H groups in total. The molecule has 0 saturated heterocycles. The molecular weight excluding hydrogens is 224 g/mol. The lowest BCUT2D eigenvalue weighted by Gasteiger charge is -2.25. The first-order valence-electron chi connectivity index (χ1n) is 5.98. The molecule has 0 saturated carbocycles. The van der Waals surface area contributed by atoms with Crippen LogP contribution in [0.2, 0.25) is 0 Å². The first-order chi connectivity index (χ1) is 8.54. The number of aliphatic hydroxyl groups is 1. The van der Waals surface area contributed by atoms with Crippen molar-refractivity contribution in [3.8, 4) is 5.75 Å². The molecule has 0 aromatic heterocycles. The quantitative estimate of drug-likeness (QED) is 0.895. The summed E-state index contributed by atoms with van der Waals surface area (Å²) in [7, 11) is 1.63. The standard InChI is InChI=1S/C16H18O2/c1-12-5-4-6-14(11-12)16(2,17)13-7-9-15(18-3)10-8-13/h4-11,17H,1-3H3. The van der Waals surface area contributed by atoms with Gasteiger partial charge in [-0.25, -0.2) is 0 Å². The molecule has 2 aromatic rings. The van der Waals surface area contributed by atoms with Crippen LogP contribution in [0.1, 0.15) is 23.6 Å². The highest BCUT2D eigenvalue weighted by molar-refractivity contribution is 5.39. The summed E-state index contributed by atoms with van der Waals surface area (Å²) in [5.41, 5.74) is 1.90. The van der Waals surface area contributed by atoms with E-state index in [1.54, 1.807) is 7.11 Å². The molecular formula is C16H18O2. The minimum atomic E-state index is -0.988. The molecule has 0 amide bonds. The van der Waals surface area contributed by atoms with E-state index in [4.69, 9.17) is 4.74 Å². The molecule has 2 rings (SSSR count). The second-order valence-electron chi connectivity index (χ2n) is 4.67. The summed E-state index contributed by atoms with van der Waals surface area (Å²) in [5.74, 6) is 0.791. The van der Waals surface area contributed by atoms with Crippen molar-refractivity contribution >= 4 is 0 Å². The first kappa shape index (κ1) is 12.7. The zero-order valence-electron chi connectivity index (χ0n) is 11.0. The Morgan fingerprint density at radius 3 is 2.22 bits per heavy atom. The molecule has 0 bridgehead atoms. The van der Waals surface area contributed by atoms with Gasteiger partial charge in [-0.2, -0.15) is 0 Å². The van der Waals surface area contributed by atoms with Gasteiger partial charge >= 0.3 is 0 Å². The number of aryl methyl sites for hydroxylation is 1. The maximum Gasteiger partial charge on any atom is 0.118 e. The summed E-state index contributed by atoms with van der Waals surface area (Å²) in [5, 5.41) is 10.7. The third kappa shape index (κ3) is 2.39. The van der Waals surface area contributed by atoms with E-state index < -0.39 is 5.60 Å². The first-order valence-corrected chi connectivity index (χ1v) is 5.98. The Kier molecular flexibility index (Phi) is 3.39. The predicted octanol–water partition coefficient (Wildman–Crippen LogP) is 3.26. The van der Waals surface area contributed by atoms with Crippen LogP contribution in [0.25, 0.3) is 0 Å². The molecule has 0 aliphatic rings. The van der Waals surface area contributed by atoms with Crippen molar-refractivity contribution in [2.24, 2.45) is 0 Å². The van der Waals surface area contributed by atoms with Crippen molar-refractivity contribution in [1.82, 2.24) is 0 Å². The number of methoxy groups -OCH3 is 1. The van der Waals surface area contributed by atoms with E-state index in [0.29, 0.717) is 0 Å². The minimum Gasteiger partial charge on any atom is -0.497 e. The van der Waals surface area contributed by atoms with Crippen LogP contribution in [0.15, 0.2) is 48.5 Å². The largest absolute Gasteiger partial charge is 0.497 e. The summed E-state index contributed by atoms with van der Waals surface area (Å²) in [6.07, 6.45) is 0. The van der Waals surface area contributed by atoms with Crippen molar-refractivity contribution in [2.75, 3.05) is 7.11 Å². The van der Waals surface area contributed by atoms with Crippen LogP contribution in [-0.2, 0) is 5.60 Å². The van der Waals surface area contributed by atoms with Gasteiger partial charge in [-0.1, -0.05) is 42.0 Å². The van der Waals surface area contributed by atoms with Crippen LogP contribution >= 0.6 is 0 Å². The summed E-state index contributed by atoms with van der Waals surface area (Å²) < 4.78 is 5.13. The van der Waals surface area contributed by atoms with Gasteiger partial charge in [-0.15, -0.1) is 0 Å². The molecule has 2 heteroatoms. The van der Waals surface area contributed by atoms with Gasteiger partial charge in [-0.3, -0.25) is 0 Å². The minimum absolute atomic E-state index is 0.791. The summed E-state index contributed by atoms with van der Waals surface area (Å²) in [4.78, 5) is 0. The highest BCUT2D eigenvalue weighted by Crippen LogP contribution is 2.30. The van der Waals surface area contributed by atoms with Crippen molar-refractivity contribution in [2.45, 2.75) is 19.4 Å². The van der Waals surface area contributed by atoms with E-state index in [2.05, 4.69) is 0 Å². The van der Waals surface area contributed by atoms with Crippen LogP contribution in [0.3, 0.4) is 0 Å². The van der Waals surface area contributed by atoms with Crippen LogP contribution in [0.4, 0.5) is 0 Å². The zero-order chi connectivity index (χ0) is 13.2. The van der Waals surface area contributed by atoms with E-state index in [1.807, 2.05) is 62.4 Å². The average Bonchev–Trinajstić information content (AvgIpc) is 2.39. The third-order valence-corrected chi connectivity index (χ3v) is 3.23. The van der Waals surface area contributed by atoms with Gasteiger partial charge in [0.05, 0.1) is 7.11 Å². The highest BCUT2D eigenvalue weighted by Gasteiger charge is 2.25. The topological polar surface area (TPSA) is 29.5 Å². The van der Waals surface area contributed by atoms with Gasteiger partial charge in [0.2, 0.25) is 0 Å². The van der Waals surface area contributed by atoms with E-state index in [1.165, 1.54) is 0 Å². The van der Waals surface area contributed by atoms with Gasteiger partial charge in [0.1, 0.15) is 11.4 Å². The Labute approximate surface area is 108 Å². The van der Waals surface area contributed by atoms with Gasteiger partial charge in [0.25, 0.3) is 0 Å². The van der Waals surface area contributed by atoms with E-state index in [9.17, 15) is 5.11 Å². The van der Waals surface area contributed by atoms with E-state index >= 15 is 0 Å². The molecule has 0 radical (unpaired) electrons. The van der Waals surface area contributed by atoms with Gasteiger partial charge in [0, 0.05) is 0 Å². The van der Waals surface area contributed by atoms with E-state index in [-0.39, 0.29) is 0 Å². The lowest BCUT2D eigenvalue weighted by atomic mass is 9.87. The molecule has 0 fully saturated rings. The van der Waals surface area contributed by atoms with Gasteiger partial charge in [-0.05, 0) is 37.1 Å². The average molecular weight is 242 g/mol. The van der Waals surface area contributed by atoms with E-state index in [0.717, 1.165) is 22.4 Å². The summed E-state index contributed by atoms with van der Waals surface area (Å²) >= 11 is 0. The van der Waals surface area contributed by atoms with Crippen LogP contribution in [-0.4, -0.2) is 12.2 Å². The molecule has 18 heavy (non-hydrogen) atoms. The third-order valence-electron chi connectivity index (χ3n) is 3.23. The Bertz CT molecular complexity index is 527. The molecule has 1 atom stereocenters. The SMILES string of the molecule is COc1ccc(C(C)(O)c2cccc(C)c2)cc1. The molecule has 2 nitrogen and oxygen atoms in total. The summed E-state index contributed by atoms with van der Waals surface area (Å²) in [6, 6.07) is 15.4. The molecule has 0 heterocycles. The smallest absolute Gasteiger partial charge is 0.118 e. The number of benzene rings is 2. The fourth-order valence-electron chi connectivity index (χ4n) is 2.03. The van der Waals surface area contributed by atoms with Crippen molar-refractivity contribution in [3.63, 3.8) is 0 Å². The Morgan fingerprint density at radius 2 is 1.67 bits per heavy atom. The van der Waals surface area contributed by atoms with Crippen LogP contribution in [0, 0.1) is 6.92 Å². The van der Waals surface area contributed by atoms with Gasteiger partial charge in [0.15, 0.2) is 0 Å². The van der Waals surface area contributed by atoms with Crippen LogP contribution in [0.5, 0.6) is 5.75 Å². The van der Waals surface area contributed by atoms with Gasteiger partial charge < -0.3 is 9.84 Å². The number of hydrogen-bond acceptors (Lipinski definition) is 2. The lowest BCUT2D eigenvalue weighted by molar-refractivity contribution is 0.102. The Balaban J connectivity index is 2.40. The number of hydrogen-bond donors (Lipinski definition) is 1. The second-order valence-corrected chi connectivity index (χ2v) is 4.67. The number of ether oxygens (including phenoxy) is 1. The van der Waals surface area contributed by atoms with Crippen molar-refractivity contribution in [3.05, 3.63) is 65.2 Å². The monoisotopic (exact) mass is 242 g/mol. The number of rotatable bonds is 3. The maximum atomic E-state index is 10.7. The molecule has 0 spiro atoms. The molecule has 0 aliphatic heterocycles. The van der Waals surface area contributed by atoms with Crippen LogP contribution < -0.4 is 4.74 Å². The molecule has 1 unspecified atom stereocenters. The fraction of sp³-hybridized carbons (Fsp3) is 0.250. The Morgan fingerprint density at radius 1 is 1.00 bits per heavy atom. The second kappa shape index (κ2) is 4.83. The zero-order valence-corrected chi connectivity index (χ0v) is 11.0. The fourth-order valence-corrected chi connectivity index (χ4v) is 2.03. The maximum absolute atomic E-state index is 10.7. The van der Waals surface area contributed by atoms with Crippen molar-refractivity contribution in [1.29, 1.82) is 0 Å². The summed E-state index contributed by atoms with van der Waals surface area (Å²) in [6.45, 7) is 3.83. The van der Waals surface area contributed by atoms with Crippen molar-refractivity contribution < 1.29 is 9.84 Å². The molecule has 2 aromatic carbocycles.